The van der Waals surface area contributed by atoms with Gasteiger partial charge in [0.2, 0.25) is 5.95 Å². The van der Waals surface area contributed by atoms with Crippen LogP contribution in [0.2, 0.25) is 0 Å². The van der Waals surface area contributed by atoms with Crippen molar-refractivity contribution in [2.24, 2.45) is 0 Å². The van der Waals surface area contributed by atoms with Gasteiger partial charge in [0.1, 0.15) is 5.69 Å². The lowest BCUT2D eigenvalue weighted by Gasteiger charge is -2.32. The smallest absolute Gasteiger partial charge is 0.251 e. The molecule has 2 aromatic rings. The minimum atomic E-state index is -0.456. The summed E-state index contributed by atoms with van der Waals surface area (Å²) < 4.78 is 14.5. The number of hydrogen-bond donors (Lipinski definition) is 2. The summed E-state index contributed by atoms with van der Waals surface area (Å²) in [5.41, 5.74) is 2.29. The molecule has 2 aliphatic rings. The van der Waals surface area contributed by atoms with Gasteiger partial charge in [0.05, 0.1) is 6.20 Å². The number of fused-ring (bicyclic) bond motifs is 1. The van der Waals surface area contributed by atoms with E-state index in [0.717, 1.165) is 18.4 Å². The number of carbonyl (C=O) groups excluding carboxylic acids is 1. The van der Waals surface area contributed by atoms with Crippen LogP contribution in [0.15, 0.2) is 24.4 Å². The zero-order valence-electron chi connectivity index (χ0n) is 15.8. The number of nitrogens with zero attached hydrogens (tertiary/aromatic N) is 2. The number of nitrogens with one attached hydrogen (secondary N) is 2. The molecular weight excluding hydrogens is 343 g/mol. The van der Waals surface area contributed by atoms with Gasteiger partial charge in [-0.1, -0.05) is 39.2 Å². The Bertz CT molecular complexity index is 874. The first-order valence-corrected chi connectivity index (χ1v) is 9.66. The molecule has 0 saturated heterocycles. The van der Waals surface area contributed by atoms with Crippen molar-refractivity contribution in [2.75, 3.05) is 11.9 Å². The van der Waals surface area contributed by atoms with Crippen LogP contribution in [0.1, 0.15) is 61.9 Å². The highest BCUT2D eigenvalue weighted by molar-refractivity contribution is 5.98. The number of benzene rings is 1. The first-order valence-electron chi connectivity index (χ1n) is 9.66. The summed E-state index contributed by atoms with van der Waals surface area (Å²) in [5.74, 6) is -0.0751. The van der Waals surface area contributed by atoms with Crippen LogP contribution < -0.4 is 10.6 Å². The SMILES string of the molecule is CC1(C)CNC(=O)c2ccc(-c3nc(NC4CCCCC4)ncc3F)cc21. The van der Waals surface area contributed by atoms with Crippen molar-refractivity contribution in [3.05, 3.63) is 41.3 Å². The molecule has 0 unspecified atom stereocenters. The first kappa shape index (κ1) is 17.9. The summed E-state index contributed by atoms with van der Waals surface area (Å²) >= 11 is 0. The first-order chi connectivity index (χ1) is 12.9. The van der Waals surface area contributed by atoms with Gasteiger partial charge in [-0.25, -0.2) is 14.4 Å². The summed E-state index contributed by atoms with van der Waals surface area (Å²) in [6.45, 7) is 4.70. The molecule has 1 aromatic carbocycles. The van der Waals surface area contributed by atoms with E-state index in [9.17, 15) is 9.18 Å². The van der Waals surface area contributed by atoms with E-state index >= 15 is 0 Å². The standard InChI is InChI=1S/C21H25FN4O/c1-21(2)12-24-19(27)15-9-8-13(10-16(15)21)18-17(22)11-23-20(26-18)25-14-6-4-3-5-7-14/h8-11,14H,3-7,12H2,1-2H3,(H,24,27)(H,23,25,26). The maximum absolute atomic E-state index is 14.5. The fourth-order valence-corrected chi connectivity index (χ4v) is 4.01. The molecule has 2 heterocycles. The normalized spacial score (nSPS) is 19.3. The highest BCUT2D eigenvalue weighted by Crippen LogP contribution is 2.33. The maximum Gasteiger partial charge on any atom is 0.251 e. The Morgan fingerprint density at radius 2 is 2.00 bits per heavy atom. The molecule has 1 aromatic heterocycles. The van der Waals surface area contributed by atoms with Crippen LogP contribution in [-0.4, -0.2) is 28.5 Å². The summed E-state index contributed by atoms with van der Waals surface area (Å²) in [6.07, 6.45) is 7.09. The van der Waals surface area contributed by atoms with E-state index in [1.807, 2.05) is 6.07 Å². The predicted molar refractivity (Wildman–Crippen MR) is 103 cm³/mol. The number of halogens is 1. The Kier molecular flexibility index (Phi) is 4.58. The second-order valence-electron chi connectivity index (χ2n) is 8.20. The number of hydrogen-bond acceptors (Lipinski definition) is 4. The average Bonchev–Trinajstić information content (AvgIpc) is 2.67. The van der Waals surface area contributed by atoms with Gasteiger partial charge in [-0.2, -0.15) is 0 Å². The van der Waals surface area contributed by atoms with Crippen LogP contribution in [0.3, 0.4) is 0 Å². The van der Waals surface area contributed by atoms with Gasteiger partial charge < -0.3 is 10.6 Å². The topological polar surface area (TPSA) is 66.9 Å². The minimum Gasteiger partial charge on any atom is -0.351 e. The van der Waals surface area contributed by atoms with Gasteiger partial charge in [0, 0.05) is 29.1 Å². The molecule has 0 radical (unpaired) electrons. The molecule has 27 heavy (non-hydrogen) atoms. The molecule has 6 heteroatoms. The Balaban J connectivity index is 1.69. The van der Waals surface area contributed by atoms with Gasteiger partial charge in [0.15, 0.2) is 5.82 Å². The van der Waals surface area contributed by atoms with Crippen molar-refractivity contribution in [3.8, 4) is 11.3 Å². The molecule has 142 valence electrons. The zero-order chi connectivity index (χ0) is 19.0. The molecular formula is C21H25FN4O. The third-order valence-corrected chi connectivity index (χ3v) is 5.64. The second kappa shape index (κ2) is 6.91. The molecule has 0 atom stereocenters. The van der Waals surface area contributed by atoms with Gasteiger partial charge >= 0.3 is 0 Å². The predicted octanol–water partition coefficient (Wildman–Crippen LogP) is 4.05. The van der Waals surface area contributed by atoms with E-state index in [1.54, 1.807) is 12.1 Å². The fourth-order valence-electron chi connectivity index (χ4n) is 4.01. The molecule has 1 saturated carbocycles. The quantitative estimate of drug-likeness (QED) is 0.858. The highest BCUT2D eigenvalue weighted by atomic mass is 19.1. The Labute approximate surface area is 158 Å². The maximum atomic E-state index is 14.5. The monoisotopic (exact) mass is 368 g/mol. The van der Waals surface area contributed by atoms with E-state index in [-0.39, 0.29) is 17.0 Å². The molecule has 0 spiro atoms. The van der Waals surface area contributed by atoms with E-state index in [0.29, 0.717) is 29.7 Å². The molecule has 1 amide bonds. The van der Waals surface area contributed by atoms with Gasteiger partial charge in [0.25, 0.3) is 5.91 Å². The highest BCUT2D eigenvalue weighted by Gasteiger charge is 2.32. The van der Waals surface area contributed by atoms with E-state index in [2.05, 4.69) is 34.4 Å². The van der Waals surface area contributed by atoms with E-state index in [4.69, 9.17) is 0 Å². The van der Waals surface area contributed by atoms with E-state index < -0.39 is 5.82 Å². The van der Waals surface area contributed by atoms with Gasteiger partial charge in [-0.3, -0.25) is 4.79 Å². The number of rotatable bonds is 3. The number of amides is 1. The summed E-state index contributed by atoms with van der Waals surface area (Å²) in [4.78, 5) is 20.7. The van der Waals surface area contributed by atoms with Crippen molar-refractivity contribution in [1.29, 1.82) is 0 Å². The van der Waals surface area contributed by atoms with Crippen molar-refractivity contribution in [2.45, 2.75) is 57.4 Å². The number of aromatic nitrogens is 2. The molecule has 0 bridgehead atoms. The van der Waals surface area contributed by atoms with Crippen molar-refractivity contribution in [3.63, 3.8) is 0 Å². The largest absolute Gasteiger partial charge is 0.351 e. The second-order valence-corrected chi connectivity index (χ2v) is 8.20. The molecule has 4 rings (SSSR count). The Hall–Kier alpha value is -2.50. The third kappa shape index (κ3) is 3.53. The Morgan fingerprint density at radius 3 is 2.78 bits per heavy atom. The molecule has 1 fully saturated rings. The van der Waals surface area contributed by atoms with Crippen molar-refractivity contribution < 1.29 is 9.18 Å². The van der Waals surface area contributed by atoms with Crippen LogP contribution in [0.4, 0.5) is 10.3 Å². The van der Waals surface area contributed by atoms with E-state index in [1.165, 1.54) is 25.5 Å². The molecule has 1 aliphatic heterocycles. The van der Waals surface area contributed by atoms with Crippen LogP contribution in [0, 0.1) is 5.82 Å². The van der Waals surface area contributed by atoms with Crippen LogP contribution in [0.25, 0.3) is 11.3 Å². The number of carbonyl (C=O) groups is 1. The minimum absolute atomic E-state index is 0.0845. The fraction of sp³-hybridized carbons (Fsp3) is 0.476. The van der Waals surface area contributed by atoms with Gasteiger partial charge in [-0.15, -0.1) is 0 Å². The van der Waals surface area contributed by atoms with Crippen molar-refractivity contribution >= 4 is 11.9 Å². The van der Waals surface area contributed by atoms with Crippen molar-refractivity contribution in [1.82, 2.24) is 15.3 Å². The lowest BCUT2D eigenvalue weighted by molar-refractivity contribution is 0.0930. The summed E-state index contributed by atoms with van der Waals surface area (Å²) in [5, 5.41) is 6.26. The van der Waals surface area contributed by atoms with Gasteiger partial charge in [-0.05, 0) is 30.5 Å². The average molecular weight is 368 g/mol. The lowest BCUT2D eigenvalue weighted by Crippen LogP contribution is -2.43. The molecule has 5 nitrogen and oxygen atoms in total. The van der Waals surface area contributed by atoms with Crippen LogP contribution in [0.5, 0.6) is 0 Å². The molecule has 1 aliphatic carbocycles. The zero-order valence-corrected chi connectivity index (χ0v) is 15.8. The lowest BCUT2D eigenvalue weighted by atomic mass is 9.78. The summed E-state index contributed by atoms with van der Waals surface area (Å²) in [6, 6.07) is 5.76. The van der Waals surface area contributed by atoms with Crippen LogP contribution in [-0.2, 0) is 5.41 Å². The van der Waals surface area contributed by atoms with Crippen LogP contribution >= 0.6 is 0 Å². The molecule has 2 N–H and O–H groups in total. The number of anilines is 1. The summed E-state index contributed by atoms with van der Waals surface area (Å²) in [7, 11) is 0. The third-order valence-electron chi connectivity index (χ3n) is 5.64. The Morgan fingerprint density at radius 1 is 1.22 bits per heavy atom.